The van der Waals surface area contributed by atoms with Crippen molar-refractivity contribution in [2.45, 2.75) is 12.8 Å². The fourth-order valence-electron chi connectivity index (χ4n) is 1.99. The highest BCUT2D eigenvalue weighted by Gasteiger charge is 2.31. The van der Waals surface area contributed by atoms with Crippen LogP contribution in [-0.2, 0) is 27.2 Å². The van der Waals surface area contributed by atoms with Crippen LogP contribution in [0.4, 0.5) is 5.69 Å². The molecule has 0 radical (unpaired) electrons. The molecule has 0 unspecified atom stereocenters. The first kappa shape index (κ1) is 11.5. The highest BCUT2D eigenvalue weighted by molar-refractivity contribution is 6.39. The second-order valence-electron chi connectivity index (χ2n) is 3.86. The average molecular weight is 232 g/mol. The molecule has 1 aliphatic rings. The predicted octanol–water partition coefficient (Wildman–Crippen LogP) is -0.198. The van der Waals surface area contributed by atoms with Gasteiger partial charge in [-0.2, -0.15) is 0 Å². The van der Waals surface area contributed by atoms with E-state index in [1.165, 1.54) is 0 Å². The van der Waals surface area contributed by atoms with E-state index >= 15 is 0 Å². The largest absolute Gasteiger partial charge is 0.330 e. The summed E-state index contributed by atoms with van der Waals surface area (Å²) in [5.41, 5.74) is 7.76. The van der Waals surface area contributed by atoms with Gasteiger partial charge in [0.15, 0.2) is 0 Å². The van der Waals surface area contributed by atoms with Crippen LogP contribution in [0.1, 0.15) is 11.1 Å². The maximum Gasteiger partial charge on any atom is 0.297 e. The van der Waals surface area contributed by atoms with Gasteiger partial charge < -0.3 is 5.73 Å². The molecule has 0 spiro atoms. The van der Waals surface area contributed by atoms with Gasteiger partial charge in [-0.05, 0) is 30.2 Å². The van der Waals surface area contributed by atoms with Gasteiger partial charge in [-0.25, -0.2) is 4.90 Å². The van der Waals surface area contributed by atoms with Gasteiger partial charge in [-0.15, -0.1) is 0 Å². The van der Waals surface area contributed by atoms with Gasteiger partial charge in [0.05, 0.1) is 12.1 Å². The van der Waals surface area contributed by atoms with Crippen LogP contribution < -0.4 is 10.6 Å². The molecule has 0 atom stereocenters. The number of anilines is 1. The number of hydrogen-bond acceptors (Lipinski definition) is 4. The second-order valence-corrected chi connectivity index (χ2v) is 3.86. The topological polar surface area (TPSA) is 80.5 Å². The Morgan fingerprint density at radius 1 is 1.47 bits per heavy atom. The quantitative estimate of drug-likeness (QED) is 0.578. The smallest absolute Gasteiger partial charge is 0.297 e. The van der Waals surface area contributed by atoms with Crippen molar-refractivity contribution in [1.29, 1.82) is 0 Å². The van der Waals surface area contributed by atoms with Crippen LogP contribution in [0.15, 0.2) is 18.2 Å². The Hall–Kier alpha value is -2.01. The van der Waals surface area contributed by atoms with E-state index in [0.717, 1.165) is 22.4 Å². The molecule has 0 fully saturated rings. The highest BCUT2D eigenvalue weighted by Crippen LogP contribution is 2.29. The van der Waals surface area contributed by atoms with Crippen LogP contribution >= 0.6 is 0 Å². The zero-order chi connectivity index (χ0) is 12.4. The van der Waals surface area contributed by atoms with E-state index in [1.807, 2.05) is 12.1 Å². The van der Waals surface area contributed by atoms with E-state index in [0.29, 0.717) is 12.2 Å². The zero-order valence-corrected chi connectivity index (χ0v) is 9.18. The van der Waals surface area contributed by atoms with E-state index in [2.05, 4.69) is 0 Å². The van der Waals surface area contributed by atoms with E-state index in [-0.39, 0.29) is 18.6 Å². The Balaban J connectivity index is 2.38. The van der Waals surface area contributed by atoms with E-state index < -0.39 is 5.91 Å². The molecule has 1 aromatic rings. The summed E-state index contributed by atoms with van der Waals surface area (Å²) >= 11 is 0. The van der Waals surface area contributed by atoms with Crippen molar-refractivity contribution in [3.8, 4) is 0 Å². The molecule has 88 valence electrons. The molecule has 1 aliphatic heterocycles. The molecule has 0 saturated carbocycles. The van der Waals surface area contributed by atoms with Crippen LogP contribution in [-0.4, -0.2) is 24.6 Å². The van der Waals surface area contributed by atoms with Gasteiger partial charge in [0.25, 0.3) is 5.91 Å². The van der Waals surface area contributed by atoms with Gasteiger partial charge in [0.2, 0.25) is 12.2 Å². The lowest BCUT2D eigenvalue weighted by molar-refractivity contribution is -0.132. The zero-order valence-electron chi connectivity index (χ0n) is 9.18. The lowest BCUT2D eigenvalue weighted by Gasteiger charge is -2.11. The molecule has 0 saturated heterocycles. The molecule has 0 bridgehead atoms. The minimum absolute atomic E-state index is 0.154. The number of benzene rings is 1. The van der Waals surface area contributed by atoms with Crippen molar-refractivity contribution in [2.75, 3.05) is 11.4 Å². The van der Waals surface area contributed by atoms with Crippen molar-refractivity contribution in [2.24, 2.45) is 5.73 Å². The molecule has 5 heteroatoms. The molecule has 1 heterocycles. The summed E-state index contributed by atoms with van der Waals surface area (Å²) in [4.78, 5) is 34.3. The number of imide groups is 1. The number of nitrogens with two attached hydrogens (primary N) is 1. The number of rotatable bonds is 3. The van der Waals surface area contributed by atoms with Crippen LogP contribution in [0.25, 0.3) is 0 Å². The average Bonchev–Trinajstić information content (AvgIpc) is 2.64. The van der Waals surface area contributed by atoms with E-state index in [4.69, 9.17) is 5.73 Å². The van der Waals surface area contributed by atoms with E-state index in [1.54, 1.807) is 6.07 Å². The van der Waals surface area contributed by atoms with Crippen LogP contribution in [0.5, 0.6) is 0 Å². The number of carbonyl (C=O) groups excluding carboxylic acids is 3. The first-order valence-electron chi connectivity index (χ1n) is 5.31. The maximum absolute atomic E-state index is 11.6. The molecular formula is C12H12N2O3. The SMILES string of the molecule is NCCc1ccc2c(c1)CC(=O)N2C(=O)C=O. The Bertz CT molecular complexity index is 497. The maximum atomic E-state index is 11.6. The van der Waals surface area contributed by atoms with Crippen LogP contribution in [0, 0.1) is 0 Å². The fourth-order valence-corrected chi connectivity index (χ4v) is 1.99. The number of fused-ring (bicyclic) bond motifs is 1. The van der Waals surface area contributed by atoms with Crippen molar-refractivity contribution in [3.05, 3.63) is 29.3 Å². The van der Waals surface area contributed by atoms with Crippen molar-refractivity contribution < 1.29 is 14.4 Å². The molecule has 17 heavy (non-hydrogen) atoms. The third-order valence-corrected chi connectivity index (χ3v) is 2.73. The number of nitrogens with zero attached hydrogens (tertiary/aromatic N) is 1. The van der Waals surface area contributed by atoms with Gasteiger partial charge >= 0.3 is 0 Å². The molecule has 0 aromatic heterocycles. The third kappa shape index (κ3) is 1.97. The van der Waals surface area contributed by atoms with Gasteiger partial charge in [-0.3, -0.25) is 14.4 Å². The Morgan fingerprint density at radius 3 is 2.88 bits per heavy atom. The van der Waals surface area contributed by atoms with Crippen molar-refractivity contribution in [3.63, 3.8) is 0 Å². The monoisotopic (exact) mass is 232 g/mol. The summed E-state index contributed by atoms with van der Waals surface area (Å²) in [7, 11) is 0. The normalized spacial score (nSPS) is 13.7. The van der Waals surface area contributed by atoms with Crippen molar-refractivity contribution >= 4 is 23.8 Å². The Labute approximate surface area is 98.2 Å². The summed E-state index contributed by atoms with van der Waals surface area (Å²) in [6, 6.07) is 5.36. The molecule has 2 amide bonds. The second kappa shape index (κ2) is 4.47. The van der Waals surface area contributed by atoms with E-state index in [9.17, 15) is 14.4 Å². The first-order chi connectivity index (χ1) is 8.17. The van der Waals surface area contributed by atoms with Crippen LogP contribution in [0.3, 0.4) is 0 Å². The standard InChI is InChI=1S/C12H12N2O3/c13-4-3-8-1-2-10-9(5-8)6-11(16)14(10)12(17)7-15/h1-2,5,7H,3-4,6,13H2. The molecule has 2 rings (SSSR count). The van der Waals surface area contributed by atoms with Crippen molar-refractivity contribution in [1.82, 2.24) is 0 Å². The lowest BCUT2D eigenvalue weighted by Crippen LogP contribution is -2.34. The fraction of sp³-hybridized carbons (Fsp3) is 0.250. The minimum Gasteiger partial charge on any atom is -0.330 e. The van der Waals surface area contributed by atoms with Crippen LogP contribution in [0.2, 0.25) is 0 Å². The molecular weight excluding hydrogens is 220 g/mol. The number of amides is 2. The summed E-state index contributed by atoms with van der Waals surface area (Å²) in [5, 5.41) is 0. The van der Waals surface area contributed by atoms with Gasteiger partial charge in [-0.1, -0.05) is 12.1 Å². The predicted molar refractivity (Wildman–Crippen MR) is 61.5 cm³/mol. The first-order valence-corrected chi connectivity index (χ1v) is 5.31. The Morgan fingerprint density at radius 2 is 2.24 bits per heavy atom. The summed E-state index contributed by atoms with van der Waals surface area (Å²) in [6.07, 6.45) is 1.04. The van der Waals surface area contributed by atoms with Gasteiger partial charge in [0.1, 0.15) is 0 Å². The summed E-state index contributed by atoms with van der Waals surface area (Å²) in [5.74, 6) is -1.18. The Kier molecular flexibility index (Phi) is 3.01. The highest BCUT2D eigenvalue weighted by atomic mass is 16.2. The number of carbonyl (C=O) groups is 3. The van der Waals surface area contributed by atoms with Gasteiger partial charge in [0, 0.05) is 0 Å². The summed E-state index contributed by atoms with van der Waals surface area (Å²) in [6.45, 7) is 0.531. The molecule has 1 aromatic carbocycles. The molecule has 2 N–H and O–H groups in total. The minimum atomic E-state index is -0.819. The molecule has 5 nitrogen and oxygen atoms in total. The number of aldehydes is 1. The lowest BCUT2D eigenvalue weighted by atomic mass is 10.1. The number of hydrogen-bond donors (Lipinski definition) is 1. The molecule has 0 aliphatic carbocycles. The summed E-state index contributed by atoms with van der Waals surface area (Å²) < 4.78 is 0. The third-order valence-electron chi connectivity index (χ3n) is 2.73.